The van der Waals surface area contributed by atoms with Gasteiger partial charge in [-0.25, -0.2) is 4.79 Å². The minimum Gasteiger partial charge on any atom is -0.486 e. The van der Waals surface area contributed by atoms with Crippen LogP contribution in [0, 0.1) is 6.92 Å². The Bertz CT molecular complexity index is 447. The molecule has 1 aromatic carbocycles. The smallest absolute Gasteiger partial charge is 0.328 e. The number of aliphatic carboxylic acids is 1. The number of benzene rings is 1. The maximum absolute atomic E-state index is 10.5. The molecule has 0 aliphatic rings. The summed E-state index contributed by atoms with van der Waals surface area (Å²) in [4.78, 5) is 10.5. The van der Waals surface area contributed by atoms with Gasteiger partial charge in [0, 0.05) is 11.6 Å². The van der Waals surface area contributed by atoms with E-state index in [0.29, 0.717) is 5.75 Å². The zero-order valence-electron chi connectivity index (χ0n) is 10.0. The number of carboxylic acid groups (broad SMARTS) is 1. The van der Waals surface area contributed by atoms with Gasteiger partial charge in [0.2, 0.25) is 0 Å². The summed E-state index contributed by atoms with van der Waals surface area (Å²) in [5.41, 5.74) is 1.72. The van der Waals surface area contributed by atoms with Crippen molar-refractivity contribution in [2.24, 2.45) is 0 Å². The number of para-hydroxylation sites is 1. The van der Waals surface area contributed by atoms with Crippen LogP contribution in [0.1, 0.15) is 18.1 Å². The Morgan fingerprint density at radius 1 is 1.53 bits per heavy atom. The van der Waals surface area contributed by atoms with E-state index in [-0.39, 0.29) is 6.10 Å². The fraction of sp³-hybridized carbons (Fsp3) is 0.214. The first-order valence-electron chi connectivity index (χ1n) is 5.34. The maximum Gasteiger partial charge on any atom is 0.328 e. The van der Waals surface area contributed by atoms with Crippen LogP contribution in [0.25, 0.3) is 6.08 Å². The predicted molar refractivity (Wildman–Crippen MR) is 68.1 cm³/mol. The lowest BCUT2D eigenvalue weighted by Gasteiger charge is -2.15. The van der Waals surface area contributed by atoms with Gasteiger partial charge in [-0.1, -0.05) is 30.9 Å². The van der Waals surface area contributed by atoms with Gasteiger partial charge in [-0.3, -0.25) is 0 Å². The molecule has 90 valence electrons. The molecule has 0 amide bonds. The normalized spacial score (nSPS) is 12.4. The molecule has 1 aromatic rings. The number of rotatable bonds is 5. The SMILES string of the molecule is C=CC(C)Oc1c(C)cccc1/C=C/C(=O)O. The molecule has 0 saturated heterocycles. The van der Waals surface area contributed by atoms with Crippen LogP contribution in [0.4, 0.5) is 0 Å². The Labute approximate surface area is 101 Å². The lowest BCUT2D eigenvalue weighted by Crippen LogP contribution is -2.09. The van der Waals surface area contributed by atoms with Crippen molar-refractivity contribution in [1.29, 1.82) is 0 Å². The highest BCUT2D eigenvalue weighted by molar-refractivity contribution is 5.86. The summed E-state index contributed by atoms with van der Waals surface area (Å²) in [6.45, 7) is 7.45. The van der Waals surface area contributed by atoms with Crippen LogP contribution in [-0.4, -0.2) is 17.2 Å². The largest absolute Gasteiger partial charge is 0.486 e. The van der Waals surface area contributed by atoms with Gasteiger partial charge in [0.05, 0.1) is 0 Å². The summed E-state index contributed by atoms with van der Waals surface area (Å²) in [5, 5.41) is 8.62. The summed E-state index contributed by atoms with van der Waals surface area (Å²) < 4.78 is 5.70. The fourth-order valence-electron chi connectivity index (χ4n) is 1.36. The lowest BCUT2D eigenvalue weighted by molar-refractivity contribution is -0.131. The maximum atomic E-state index is 10.5. The summed E-state index contributed by atoms with van der Waals surface area (Å²) in [5.74, 6) is -0.286. The Balaban J connectivity index is 3.07. The third kappa shape index (κ3) is 3.79. The minimum atomic E-state index is -0.978. The molecule has 3 nitrogen and oxygen atoms in total. The van der Waals surface area contributed by atoms with Crippen LogP contribution in [0.15, 0.2) is 36.9 Å². The molecule has 0 fully saturated rings. The highest BCUT2D eigenvalue weighted by Crippen LogP contribution is 2.25. The summed E-state index contributed by atoms with van der Waals surface area (Å²) >= 11 is 0. The fourth-order valence-corrected chi connectivity index (χ4v) is 1.36. The average molecular weight is 232 g/mol. The molecule has 0 saturated carbocycles. The summed E-state index contributed by atoms with van der Waals surface area (Å²) in [6.07, 6.45) is 4.20. The first kappa shape index (κ1) is 13.0. The Morgan fingerprint density at radius 3 is 2.82 bits per heavy atom. The van der Waals surface area contributed by atoms with E-state index in [0.717, 1.165) is 17.2 Å². The third-order valence-electron chi connectivity index (χ3n) is 2.28. The highest BCUT2D eigenvalue weighted by atomic mass is 16.5. The van der Waals surface area contributed by atoms with Gasteiger partial charge in [-0.15, -0.1) is 0 Å². The number of hydrogen-bond acceptors (Lipinski definition) is 2. The molecule has 1 unspecified atom stereocenters. The van der Waals surface area contributed by atoms with E-state index < -0.39 is 5.97 Å². The second kappa shape index (κ2) is 5.89. The van der Waals surface area contributed by atoms with Crippen molar-refractivity contribution in [2.45, 2.75) is 20.0 Å². The molecule has 0 aliphatic heterocycles. The molecule has 0 spiro atoms. The molecule has 1 rings (SSSR count). The quantitative estimate of drug-likeness (QED) is 0.627. The number of hydrogen-bond donors (Lipinski definition) is 1. The monoisotopic (exact) mass is 232 g/mol. The van der Waals surface area contributed by atoms with Gasteiger partial charge in [-0.2, -0.15) is 0 Å². The average Bonchev–Trinajstić information content (AvgIpc) is 2.29. The number of ether oxygens (including phenoxy) is 1. The number of aryl methyl sites for hydroxylation is 1. The predicted octanol–water partition coefficient (Wildman–Crippen LogP) is 3.05. The van der Waals surface area contributed by atoms with Gasteiger partial charge < -0.3 is 9.84 Å². The zero-order valence-corrected chi connectivity index (χ0v) is 10.0. The molecule has 0 radical (unpaired) electrons. The van der Waals surface area contributed by atoms with Gasteiger partial charge in [0.25, 0.3) is 0 Å². The Morgan fingerprint density at radius 2 is 2.24 bits per heavy atom. The number of carbonyl (C=O) groups is 1. The van der Waals surface area contributed by atoms with Crippen LogP contribution in [0.2, 0.25) is 0 Å². The van der Waals surface area contributed by atoms with E-state index in [4.69, 9.17) is 9.84 Å². The third-order valence-corrected chi connectivity index (χ3v) is 2.28. The van der Waals surface area contributed by atoms with Gasteiger partial charge in [0.1, 0.15) is 11.9 Å². The standard InChI is InChI=1S/C14H16O3/c1-4-11(3)17-14-10(2)6-5-7-12(14)8-9-13(15)16/h4-9,11H,1H2,2-3H3,(H,15,16)/b9-8+. The van der Waals surface area contributed by atoms with E-state index in [2.05, 4.69) is 6.58 Å². The van der Waals surface area contributed by atoms with Crippen LogP contribution >= 0.6 is 0 Å². The van der Waals surface area contributed by atoms with E-state index in [9.17, 15) is 4.79 Å². The van der Waals surface area contributed by atoms with Crippen LogP contribution < -0.4 is 4.74 Å². The molecule has 1 N–H and O–H groups in total. The van der Waals surface area contributed by atoms with Crippen molar-refractivity contribution in [3.05, 3.63) is 48.1 Å². The topological polar surface area (TPSA) is 46.5 Å². The second-order valence-electron chi connectivity index (χ2n) is 3.72. The Kier molecular flexibility index (Phi) is 4.52. The summed E-state index contributed by atoms with van der Waals surface area (Å²) in [6, 6.07) is 5.60. The number of carboxylic acids is 1. The van der Waals surface area contributed by atoms with Crippen molar-refractivity contribution in [2.75, 3.05) is 0 Å². The van der Waals surface area contributed by atoms with Crippen molar-refractivity contribution < 1.29 is 14.6 Å². The van der Waals surface area contributed by atoms with Crippen LogP contribution in [-0.2, 0) is 4.79 Å². The van der Waals surface area contributed by atoms with Crippen LogP contribution in [0.5, 0.6) is 5.75 Å². The summed E-state index contributed by atoms with van der Waals surface area (Å²) in [7, 11) is 0. The van der Waals surface area contributed by atoms with Gasteiger partial charge in [-0.05, 0) is 25.5 Å². The minimum absolute atomic E-state index is 0.118. The highest BCUT2D eigenvalue weighted by Gasteiger charge is 2.07. The van der Waals surface area contributed by atoms with Gasteiger partial charge in [0.15, 0.2) is 0 Å². The van der Waals surface area contributed by atoms with Crippen molar-refractivity contribution in [1.82, 2.24) is 0 Å². The molecule has 0 aliphatic carbocycles. The molecule has 3 heteroatoms. The van der Waals surface area contributed by atoms with Crippen molar-refractivity contribution in [3.8, 4) is 5.75 Å². The molecule has 0 heterocycles. The van der Waals surface area contributed by atoms with Crippen LogP contribution in [0.3, 0.4) is 0 Å². The molecule has 0 bridgehead atoms. The second-order valence-corrected chi connectivity index (χ2v) is 3.72. The molecular weight excluding hydrogens is 216 g/mol. The first-order valence-corrected chi connectivity index (χ1v) is 5.34. The molecule has 17 heavy (non-hydrogen) atoms. The Hall–Kier alpha value is -2.03. The van der Waals surface area contributed by atoms with E-state index in [1.165, 1.54) is 6.08 Å². The molecular formula is C14H16O3. The molecule has 0 aromatic heterocycles. The van der Waals surface area contributed by atoms with Crippen molar-refractivity contribution in [3.63, 3.8) is 0 Å². The van der Waals surface area contributed by atoms with Crippen molar-refractivity contribution >= 4 is 12.0 Å². The first-order chi connectivity index (χ1) is 8.04. The van der Waals surface area contributed by atoms with E-state index in [1.54, 1.807) is 6.08 Å². The lowest BCUT2D eigenvalue weighted by atomic mass is 10.1. The zero-order chi connectivity index (χ0) is 12.8. The van der Waals surface area contributed by atoms with Gasteiger partial charge >= 0.3 is 5.97 Å². The van der Waals surface area contributed by atoms with E-state index >= 15 is 0 Å². The molecule has 1 atom stereocenters. The van der Waals surface area contributed by atoms with E-state index in [1.807, 2.05) is 32.0 Å².